The molecule has 1 heterocycles. The van der Waals surface area contributed by atoms with E-state index in [1.165, 1.54) is 167 Å². The van der Waals surface area contributed by atoms with E-state index in [4.69, 9.17) is 28.8 Å². The molecule has 0 spiro atoms. The van der Waals surface area contributed by atoms with E-state index in [0.717, 1.165) is 90.3 Å². The molecule has 3 unspecified atom stereocenters. The molecule has 0 radical (unpaired) electrons. The first-order valence-corrected chi connectivity index (χ1v) is 28.2. The molecule has 0 bridgehead atoms. The fraction of sp³-hybridized carbons (Fsp3) is 0.946. The highest BCUT2D eigenvalue weighted by Crippen LogP contribution is 2.34. The van der Waals surface area contributed by atoms with Gasteiger partial charge in [0.15, 0.2) is 0 Å². The first-order chi connectivity index (χ1) is 31.9. The summed E-state index contributed by atoms with van der Waals surface area (Å²) in [6.45, 7) is 15.5. The van der Waals surface area contributed by atoms with E-state index in [9.17, 15) is 9.59 Å². The Labute approximate surface area is 401 Å². The van der Waals surface area contributed by atoms with Crippen LogP contribution in [0.2, 0.25) is 0 Å². The van der Waals surface area contributed by atoms with Gasteiger partial charge in [-0.15, -0.1) is 0 Å². The number of rotatable bonds is 45. The second-order valence-corrected chi connectivity index (χ2v) is 20.1. The number of unbranched alkanes of at least 4 members (excludes halogenated alkanes) is 17. The van der Waals surface area contributed by atoms with Gasteiger partial charge in [-0.1, -0.05) is 175 Å². The third-order valence-corrected chi connectivity index (χ3v) is 14.2. The van der Waals surface area contributed by atoms with E-state index in [0.29, 0.717) is 43.8 Å². The summed E-state index contributed by atoms with van der Waals surface area (Å²) in [5, 5.41) is 6.89. The summed E-state index contributed by atoms with van der Waals surface area (Å²) in [4.78, 5) is 35.8. The van der Waals surface area contributed by atoms with Crippen molar-refractivity contribution in [3.05, 3.63) is 0 Å². The van der Waals surface area contributed by atoms with Crippen molar-refractivity contribution in [2.24, 2.45) is 17.8 Å². The van der Waals surface area contributed by atoms with Crippen molar-refractivity contribution < 1.29 is 38.4 Å². The van der Waals surface area contributed by atoms with Gasteiger partial charge in [-0.05, 0) is 114 Å². The van der Waals surface area contributed by atoms with Crippen LogP contribution in [-0.2, 0) is 33.3 Å². The number of carbonyl (C=O) groups is 3. The minimum absolute atomic E-state index is 0.000567. The van der Waals surface area contributed by atoms with Crippen LogP contribution in [0.15, 0.2) is 0 Å². The quantitative estimate of drug-likeness (QED) is 0.0362. The summed E-state index contributed by atoms with van der Waals surface area (Å²) in [7, 11) is 0. The Morgan fingerprint density at radius 3 is 1.26 bits per heavy atom. The van der Waals surface area contributed by atoms with Gasteiger partial charge in [0, 0.05) is 26.1 Å². The van der Waals surface area contributed by atoms with E-state index in [-0.39, 0.29) is 30.6 Å². The number of ether oxygens (including phenoxy) is 4. The molecule has 1 aliphatic carbocycles. The van der Waals surface area contributed by atoms with Crippen molar-refractivity contribution in [3.8, 4) is 0 Å². The summed E-state index contributed by atoms with van der Waals surface area (Å²) in [5.74, 6) is 2.14. The number of nitrogens with zero attached hydrogens (tertiary/aromatic N) is 1. The Balaban J connectivity index is 0.00000684. The topological polar surface area (TPSA) is 112 Å². The van der Waals surface area contributed by atoms with Crippen LogP contribution in [0.3, 0.4) is 0 Å². The van der Waals surface area contributed by atoms with Gasteiger partial charge < -0.3 is 29.0 Å². The maximum Gasteiger partial charge on any atom is 0.305 e. The number of carbonyl (C=O) groups excluding carboxylic acids is 2. The summed E-state index contributed by atoms with van der Waals surface area (Å²) >= 11 is 0. The summed E-state index contributed by atoms with van der Waals surface area (Å²) in [5.41, 5.74) is 0. The second-order valence-electron chi connectivity index (χ2n) is 20.1. The van der Waals surface area contributed by atoms with Crippen molar-refractivity contribution in [2.45, 2.75) is 277 Å². The molecule has 0 amide bonds. The highest BCUT2D eigenvalue weighted by atomic mass is 16.5. The normalized spacial score (nSPS) is 17.5. The average Bonchev–Trinajstić information content (AvgIpc) is 3.97. The van der Waals surface area contributed by atoms with Crippen LogP contribution >= 0.6 is 0 Å². The molecule has 2 fully saturated rings. The van der Waals surface area contributed by atoms with Gasteiger partial charge in [0.2, 0.25) is 0 Å². The van der Waals surface area contributed by atoms with Crippen molar-refractivity contribution in [3.63, 3.8) is 0 Å². The molecule has 1 saturated carbocycles. The lowest BCUT2D eigenvalue weighted by Crippen LogP contribution is -2.27. The Morgan fingerprint density at radius 1 is 0.508 bits per heavy atom. The number of hydrogen-bond acceptors (Lipinski definition) is 8. The van der Waals surface area contributed by atoms with Crippen LogP contribution in [0.5, 0.6) is 0 Å². The van der Waals surface area contributed by atoms with Crippen LogP contribution in [0.1, 0.15) is 265 Å². The minimum atomic E-state index is -0.250. The summed E-state index contributed by atoms with van der Waals surface area (Å²) in [6, 6.07) is 0. The van der Waals surface area contributed by atoms with Crippen molar-refractivity contribution in [1.82, 2.24) is 4.90 Å². The van der Waals surface area contributed by atoms with Crippen LogP contribution in [0.4, 0.5) is 0 Å². The van der Waals surface area contributed by atoms with Crippen LogP contribution in [0.25, 0.3) is 0 Å². The Kier molecular flexibility index (Phi) is 43.4. The zero-order valence-electron chi connectivity index (χ0n) is 43.3. The second kappa shape index (κ2) is 46.0. The molecule has 0 aromatic carbocycles. The molecule has 1 N–H and O–H groups in total. The van der Waals surface area contributed by atoms with Gasteiger partial charge in [-0.2, -0.15) is 0 Å². The van der Waals surface area contributed by atoms with Crippen molar-refractivity contribution in [2.75, 3.05) is 46.1 Å². The molecule has 384 valence electrons. The predicted molar refractivity (Wildman–Crippen MR) is 271 cm³/mol. The molecular weight excluding hydrogens is 815 g/mol. The number of carboxylic acid groups (broad SMARTS) is 1. The number of likely N-dealkylation sites (tertiary alicyclic amines) is 1. The highest BCUT2D eigenvalue weighted by molar-refractivity contribution is 5.69. The standard InChI is InChI=1S/C55H105NO6.CH2O2/c1-5-9-20-31-49(32-21-10-6-2)38-45-61-54(57)36-24-16-13-14-18-28-43-59-52-47-51(35-30-42-56-40-26-27-41-56)48-53(52)60-44-29-19-15-17-25-37-55(58)62-46-39-50(33-22-11-7-3)34-23-12-8-4;2-1-3/h49-53H,5-48H2,1-4H3;1H,(H,2,3). The number of esters is 2. The molecular formula is C56H107NO8. The molecule has 9 nitrogen and oxygen atoms in total. The van der Waals surface area contributed by atoms with Gasteiger partial charge >= 0.3 is 11.9 Å². The third kappa shape index (κ3) is 36.9. The molecule has 2 aliphatic rings. The third-order valence-electron chi connectivity index (χ3n) is 14.2. The van der Waals surface area contributed by atoms with Crippen molar-refractivity contribution in [1.29, 1.82) is 0 Å². The Hall–Kier alpha value is -1.71. The van der Waals surface area contributed by atoms with E-state index >= 15 is 0 Å². The minimum Gasteiger partial charge on any atom is -0.483 e. The first-order valence-electron chi connectivity index (χ1n) is 28.2. The molecule has 0 aromatic rings. The predicted octanol–water partition coefficient (Wildman–Crippen LogP) is 15.2. The fourth-order valence-corrected chi connectivity index (χ4v) is 10.1. The Bertz CT molecular complexity index is 1030. The zero-order valence-corrected chi connectivity index (χ0v) is 43.3. The van der Waals surface area contributed by atoms with Gasteiger partial charge in [-0.25, -0.2) is 0 Å². The molecule has 1 saturated heterocycles. The molecule has 2 rings (SSSR count). The summed E-state index contributed by atoms with van der Waals surface area (Å²) in [6.07, 6.45) is 44.2. The summed E-state index contributed by atoms with van der Waals surface area (Å²) < 4.78 is 24.5. The molecule has 0 aromatic heterocycles. The number of hydrogen-bond donors (Lipinski definition) is 1. The van der Waals surface area contributed by atoms with Crippen LogP contribution < -0.4 is 0 Å². The first kappa shape index (κ1) is 61.3. The lowest BCUT2D eigenvalue weighted by atomic mass is 9.92. The lowest BCUT2D eigenvalue weighted by Gasteiger charge is -2.21. The fourth-order valence-electron chi connectivity index (χ4n) is 10.1. The highest BCUT2D eigenvalue weighted by Gasteiger charge is 2.35. The zero-order chi connectivity index (χ0) is 47.3. The van der Waals surface area contributed by atoms with Crippen LogP contribution in [0, 0.1) is 17.8 Å². The lowest BCUT2D eigenvalue weighted by molar-refractivity contribution is -0.145. The van der Waals surface area contributed by atoms with E-state index in [1.54, 1.807) is 0 Å². The van der Waals surface area contributed by atoms with Gasteiger partial charge in [0.05, 0.1) is 25.4 Å². The van der Waals surface area contributed by atoms with E-state index < -0.39 is 0 Å². The van der Waals surface area contributed by atoms with Gasteiger partial charge in [0.25, 0.3) is 6.47 Å². The monoisotopic (exact) mass is 922 g/mol. The van der Waals surface area contributed by atoms with Gasteiger partial charge in [0.1, 0.15) is 0 Å². The molecule has 9 heteroatoms. The van der Waals surface area contributed by atoms with E-state index in [1.807, 2.05) is 0 Å². The average molecular weight is 922 g/mol. The SMILES string of the molecule is CCCCCC(CCCCC)CCOC(=O)CCCCCCCCOC1CC(CCCN2CCCC2)CC1OCCCCCCCC(=O)OCCC(CCCCC)CCCCC.O=CO. The molecule has 1 aliphatic heterocycles. The largest absolute Gasteiger partial charge is 0.483 e. The van der Waals surface area contributed by atoms with Gasteiger partial charge in [-0.3, -0.25) is 14.4 Å². The van der Waals surface area contributed by atoms with E-state index in [2.05, 4.69) is 32.6 Å². The Morgan fingerprint density at radius 2 is 0.877 bits per heavy atom. The molecule has 65 heavy (non-hydrogen) atoms. The maximum atomic E-state index is 12.4. The van der Waals surface area contributed by atoms with Crippen molar-refractivity contribution >= 4 is 18.4 Å². The van der Waals surface area contributed by atoms with Crippen LogP contribution in [-0.4, -0.2) is 86.7 Å². The smallest absolute Gasteiger partial charge is 0.305 e. The maximum absolute atomic E-state index is 12.4. The molecule has 3 atom stereocenters.